The molecule has 0 radical (unpaired) electrons. The maximum Gasteiger partial charge on any atom is 0.297 e. The number of anilines is 1. The molecule has 0 aliphatic heterocycles. The molecule has 0 aromatic heterocycles. The summed E-state index contributed by atoms with van der Waals surface area (Å²) in [6, 6.07) is 10.6. The molecule has 6 rings (SSSR count). The normalized spacial score (nSPS) is 13.2. The summed E-state index contributed by atoms with van der Waals surface area (Å²) in [7, 11) is -26.2. The Hall–Kier alpha value is -7.01. The Morgan fingerprint density at radius 1 is 0.500 bits per heavy atom. The van der Waals surface area contributed by atoms with Gasteiger partial charge in [0.15, 0.2) is 11.5 Å². The molecule has 0 saturated heterocycles. The minimum Gasteiger partial charge on any atom is -0.505 e. The van der Waals surface area contributed by atoms with Gasteiger partial charge in [-0.3, -0.25) is 32.9 Å². The maximum atomic E-state index is 12.8. The summed E-state index contributed by atoms with van der Waals surface area (Å²) >= 11 is 0. The van der Waals surface area contributed by atoms with Crippen molar-refractivity contribution >= 4 is 118 Å². The summed E-state index contributed by atoms with van der Waals surface area (Å²) in [5.41, 5.74) is 0.503. The number of hydrogen-bond donors (Lipinski definition) is 8. The molecule has 0 aliphatic rings. The zero-order chi connectivity index (χ0) is 47.5. The molecule has 6 aromatic carbocycles. The van der Waals surface area contributed by atoms with Gasteiger partial charge in [-0.25, -0.2) is 0 Å². The van der Waals surface area contributed by atoms with Gasteiger partial charge in [0, 0.05) is 28.3 Å². The number of phenols is 2. The lowest BCUT2D eigenvalue weighted by atomic mass is 10.1. The van der Waals surface area contributed by atoms with Crippen LogP contribution in [-0.4, -0.2) is 80.0 Å². The largest absolute Gasteiger partial charge is 0.505 e. The molecule has 0 amide bonds. The van der Waals surface area contributed by atoms with Crippen LogP contribution < -0.4 is 5.73 Å². The van der Waals surface area contributed by atoms with Gasteiger partial charge in [-0.05, 0) is 54.6 Å². The van der Waals surface area contributed by atoms with Crippen molar-refractivity contribution in [2.75, 3.05) is 5.73 Å². The summed E-state index contributed by atoms with van der Waals surface area (Å²) in [6.07, 6.45) is 0. The van der Waals surface area contributed by atoms with Crippen molar-refractivity contribution in [2.24, 2.45) is 30.7 Å². The van der Waals surface area contributed by atoms with E-state index in [4.69, 9.17) is 5.73 Å². The zero-order valence-electron chi connectivity index (χ0n) is 30.8. The average molecular weight is 983 g/mol. The smallest absolute Gasteiger partial charge is 0.297 e. The molecule has 27 nitrogen and oxygen atoms in total. The van der Waals surface area contributed by atoms with Gasteiger partial charge in [0.25, 0.3) is 56.3 Å². The summed E-state index contributed by atoms with van der Waals surface area (Å²) in [6.45, 7) is 0. The quantitative estimate of drug-likeness (QED) is 0.0217. The van der Waals surface area contributed by atoms with Crippen LogP contribution in [0.1, 0.15) is 0 Å². The van der Waals surface area contributed by atoms with Crippen LogP contribution >= 0.6 is 0 Å². The van der Waals surface area contributed by atoms with Crippen LogP contribution in [0.25, 0.3) is 21.5 Å². The second-order valence-corrected chi connectivity index (χ2v) is 19.6. The average Bonchev–Trinajstić information content (AvgIpc) is 3.17. The lowest BCUT2D eigenvalue weighted by Gasteiger charge is -2.13. The van der Waals surface area contributed by atoms with Gasteiger partial charge in [0.05, 0.1) is 26.6 Å². The van der Waals surface area contributed by atoms with E-state index in [0.717, 1.165) is 60.7 Å². The van der Waals surface area contributed by atoms with Crippen LogP contribution in [0, 0.1) is 10.1 Å². The summed E-state index contributed by atoms with van der Waals surface area (Å²) < 4.78 is 172. The first-order valence-electron chi connectivity index (χ1n) is 16.4. The number of rotatable bonds is 12. The highest BCUT2D eigenvalue weighted by Crippen LogP contribution is 2.48. The molecule has 32 heteroatoms. The fourth-order valence-electron chi connectivity index (χ4n) is 5.80. The van der Waals surface area contributed by atoms with Crippen LogP contribution in [0.5, 0.6) is 11.5 Å². The molecule has 0 aliphatic carbocycles. The zero-order valence-corrected chi connectivity index (χ0v) is 34.9. The van der Waals surface area contributed by atoms with Gasteiger partial charge in [-0.15, -0.1) is 25.6 Å². The SMILES string of the molecule is Nc1c(N=Nc2ccc3c(O)c(N=Nc4cccc(S(=O)(=O)O)c4)c(S(=O)(=O)O)cc3c2S(=O)(=O)O)cc(S(=O)(=O)O)c2ccc(N=Nc3ccc([N+](=O)[O-])cc3S(=O)(=O)O)c(O)c12. The fraction of sp³-hybridized carbons (Fsp3) is 0. The maximum absolute atomic E-state index is 12.8. The first-order valence-corrected chi connectivity index (χ1v) is 23.6. The number of nitro benzene ring substituents is 1. The van der Waals surface area contributed by atoms with Crippen LogP contribution in [-0.2, 0) is 50.6 Å². The minimum absolute atomic E-state index is 0.333. The van der Waals surface area contributed by atoms with Gasteiger partial charge in [0.2, 0.25) is 0 Å². The van der Waals surface area contributed by atoms with Gasteiger partial charge in [-0.1, -0.05) is 12.1 Å². The van der Waals surface area contributed by atoms with E-state index in [1.165, 1.54) is 0 Å². The van der Waals surface area contributed by atoms with Gasteiger partial charge >= 0.3 is 0 Å². The molecule has 0 spiro atoms. The Bertz CT molecular complexity index is 3710. The standard InChI is InChI=1S/C32H22N8O19S5/c33-28-23(13-24(61(48,49)50)18-6-8-21(31(42)27(18)28)36-35-20-7-4-15(40(43)44)11-25(20)62(51,52)53)38-37-22-9-5-17-19(32(22)64(57,58)59)12-26(63(54,55)56)29(30(17)41)39-34-14-2-1-3-16(10-14)60(45,46)47/h1-13,41-42H,33H2,(H,45,46,47)(H,48,49,50)(H,51,52,53)(H,54,55,56)(H,57,58,59). The highest BCUT2D eigenvalue weighted by Gasteiger charge is 2.29. The third-order valence-corrected chi connectivity index (χ3v) is 13.0. The number of phenolic OH excluding ortho intramolecular Hbond substituents is 2. The van der Waals surface area contributed by atoms with Crippen molar-refractivity contribution in [3.63, 3.8) is 0 Å². The number of fused-ring (bicyclic) bond motifs is 2. The Balaban J connectivity index is 1.53. The highest BCUT2D eigenvalue weighted by molar-refractivity contribution is 7.87. The first-order chi connectivity index (χ1) is 29.5. The molecule has 64 heavy (non-hydrogen) atoms. The van der Waals surface area contributed by atoms with E-state index in [2.05, 4.69) is 30.7 Å². The molecule has 9 N–H and O–H groups in total. The monoisotopic (exact) mass is 982 g/mol. The molecule has 0 atom stereocenters. The van der Waals surface area contributed by atoms with E-state index < -0.39 is 153 Å². The lowest BCUT2D eigenvalue weighted by molar-refractivity contribution is -0.385. The van der Waals surface area contributed by atoms with Crippen molar-refractivity contribution in [1.29, 1.82) is 0 Å². The molecule has 0 saturated carbocycles. The first kappa shape index (κ1) is 46.5. The number of hydrogen-bond acceptors (Lipinski definition) is 21. The number of nitrogens with two attached hydrogens (primary N) is 1. The number of aromatic hydroxyl groups is 2. The van der Waals surface area contributed by atoms with Crippen LogP contribution in [0.3, 0.4) is 0 Å². The van der Waals surface area contributed by atoms with Gasteiger partial charge in [0.1, 0.15) is 48.0 Å². The van der Waals surface area contributed by atoms with E-state index in [1.54, 1.807) is 0 Å². The Kier molecular flexibility index (Phi) is 11.8. The summed E-state index contributed by atoms with van der Waals surface area (Å²) in [4.78, 5) is 4.81. The third kappa shape index (κ3) is 9.34. The second-order valence-electron chi connectivity index (χ2n) is 12.6. The number of benzene rings is 6. The van der Waals surface area contributed by atoms with E-state index in [9.17, 15) is 85.2 Å². The van der Waals surface area contributed by atoms with E-state index in [0.29, 0.717) is 18.2 Å². The topological polar surface area (TPSA) is 456 Å². The molecule has 6 aromatic rings. The summed E-state index contributed by atoms with van der Waals surface area (Å²) in [5, 5.41) is 52.7. The second kappa shape index (κ2) is 16.3. The van der Waals surface area contributed by atoms with E-state index in [-0.39, 0.29) is 5.69 Å². The Morgan fingerprint density at radius 3 is 1.66 bits per heavy atom. The predicted octanol–water partition coefficient (Wildman–Crippen LogP) is 6.37. The molecule has 0 bridgehead atoms. The predicted molar refractivity (Wildman–Crippen MR) is 217 cm³/mol. The Morgan fingerprint density at radius 2 is 1.06 bits per heavy atom. The third-order valence-electron chi connectivity index (χ3n) is 8.56. The number of nitrogens with zero attached hydrogens (tertiary/aromatic N) is 7. The molecular formula is C32H22N8O19S5. The van der Waals surface area contributed by atoms with Crippen LogP contribution in [0.4, 0.5) is 45.5 Å². The molecule has 0 fully saturated rings. The minimum atomic E-state index is -5.56. The van der Waals surface area contributed by atoms with Crippen molar-refractivity contribution in [2.45, 2.75) is 24.5 Å². The van der Waals surface area contributed by atoms with Crippen molar-refractivity contribution in [1.82, 2.24) is 0 Å². The lowest BCUT2D eigenvalue weighted by Crippen LogP contribution is -2.03. The van der Waals surface area contributed by atoms with Crippen LogP contribution in [0.2, 0.25) is 0 Å². The molecule has 334 valence electrons. The highest BCUT2D eigenvalue weighted by atomic mass is 32.2. The molecule has 0 heterocycles. The van der Waals surface area contributed by atoms with Gasteiger partial charge in [-0.2, -0.15) is 47.2 Å². The number of nitro groups is 1. The number of nitrogen functional groups attached to an aromatic ring is 1. The van der Waals surface area contributed by atoms with Crippen molar-refractivity contribution in [3.05, 3.63) is 89.0 Å². The summed E-state index contributed by atoms with van der Waals surface area (Å²) in [5.74, 6) is -2.20. The molecular weight excluding hydrogens is 961 g/mol. The van der Waals surface area contributed by atoms with E-state index >= 15 is 0 Å². The van der Waals surface area contributed by atoms with Crippen molar-refractivity contribution < 1.29 is 80.0 Å². The van der Waals surface area contributed by atoms with Crippen LogP contribution in [0.15, 0.2) is 134 Å². The number of azo groups is 3. The fourth-order valence-corrected chi connectivity index (χ4v) is 9.14. The Labute approximate surface area is 357 Å². The van der Waals surface area contributed by atoms with Crippen molar-refractivity contribution in [3.8, 4) is 11.5 Å². The van der Waals surface area contributed by atoms with E-state index in [1.807, 2.05) is 0 Å². The number of non-ortho nitro benzene ring substituents is 1. The van der Waals surface area contributed by atoms with Gasteiger partial charge < -0.3 is 15.9 Å². The molecule has 0 unspecified atom stereocenters.